The van der Waals surface area contributed by atoms with Crippen LogP contribution in [0.4, 0.5) is 17.1 Å². The van der Waals surface area contributed by atoms with E-state index < -0.39 is 36.3 Å². The first-order valence-corrected chi connectivity index (χ1v) is 15.2. The number of benzene rings is 7. The fourth-order valence-electron chi connectivity index (χ4n) is 6.48. The minimum absolute atomic E-state index is 0.113. The van der Waals surface area contributed by atoms with Gasteiger partial charge in [0.2, 0.25) is 0 Å². The predicted octanol–water partition coefficient (Wildman–Crippen LogP) is 12.5. The van der Waals surface area contributed by atoms with E-state index in [9.17, 15) is 0 Å². The van der Waals surface area contributed by atoms with E-state index in [1.54, 1.807) is 24.3 Å². The molecule has 1 aliphatic carbocycles. The molecule has 1 nitrogen and oxygen atoms in total. The molecule has 0 saturated heterocycles. The molecule has 0 aliphatic heterocycles. The number of fused-ring (bicyclic) bond motifs is 3. The van der Waals surface area contributed by atoms with Gasteiger partial charge in [0.25, 0.3) is 0 Å². The van der Waals surface area contributed by atoms with Crippen molar-refractivity contribution in [3.8, 4) is 44.5 Å². The van der Waals surface area contributed by atoms with Crippen LogP contribution in [0.5, 0.6) is 0 Å². The van der Waals surface area contributed by atoms with E-state index in [2.05, 4.69) is 68.4 Å². The zero-order valence-corrected chi connectivity index (χ0v) is 25.4. The van der Waals surface area contributed by atoms with Gasteiger partial charge < -0.3 is 4.90 Å². The molecule has 0 saturated carbocycles. The highest BCUT2D eigenvalue weighted by molar-refractivity contribution is 5.85. The van der Waals surface area contributed by atoms with E-state index in [0.29, 0.717) is 11.1 Å². The number of anilines is 3. The molecule has 0 fully saturated rings. The molecule has 220 valence electrons. The normalized spacial score (nSPS) is 15.8. The summed E-state index contributed by atoms with van der Waals surface area (Å²) in [6, 6.07) is 34.0. The van der Waals surface area contributed by atoms with Gasteiger partial charge in [-0.15, -0.1) is 0 Å². The molecule has 46 heavy (non-hydrogen) atoms. The van der Waals surface area contributed by atoms with Crippen LogP contribution in [-0.4, -0.2) is 0 Å². The Balaban J connectivity index is 1.20. The van der Waals surface area contributed by atoms with Crippen molar-refractivity contribution in [2.24, 2.45) is 0 Å². The molecule has 1 aliphatic rings. The van der Waals surface area contributed by atoms with Gasteiger partial charge >= 0.3 is 0 Å². The van der Waals surface area contributed by atoms with E-state index in [1.807, 2.05) is 41.3 Å². The van der Waals surface area contributed by atoms with E-state index >= 15 is 0 Å². The van der Waals surface area contributed by atoms with Crippen LogP contribution in [0.1, 0.15) is 38.7 Å². The van der Waals surface area contributed by atoms with E-state index in [4.69, 9.17) is 13.7 Å². The van der Waals surface area contributed by atoms with Gasteiger partial charge in [-0.3, -0.25) is 0 Å². The van der Waals surface area contributed by atoms with Crippen LogP contribution < -0.4 is 4.90 Å². The summed E-state index contributed by atoms with van der Waals surface area (Å²) in [5.41, 5.74) is 10.5. The quantitative estimate of drug-likeness (QED) is 0.184. The van der Waals surface area contributed by atoms with Gasteiger partial charge in [-0.05, 0) is 98.1 Å². The van der Waals surface area contributed by atoms with E-state index in [-0.39, 0.29) is 40.7 Å². The summed E-state index contributed by atoms with van der Waals surface area (Å²) >= 11 is 0. The molecule has 0 atom stereocenters. The summed E-state index contributed by atoms with van der Waals surface area (Å²) in [5, 5.41) is 0. The van der Waals surface area contributed by atoms with Gasteiger partial charge in [0, 0.05) is 22.5 Å². The van der Waals surface area contributed by atoms with Gasteiger partial charge in [-0.1, -0.05) is 147 Å². The lowest BCUT2D eigenvalue weighted by Gasteiger charge is -2.26. The molecule has 0 radical (unpaired) electrons. The minimum atomic E-state index is -0.448. The third-order valence-corrected chi connectivity index (χ3v) is 8.87. The van der Waals surface area contributed by atoms with Crippen molar-refractivity contribution in [1.82, 2.24) is 0 Å². The summed E-state index contributed by atoms with van der Waals surface area (Å²) in [7, 11) is 0. The maximum absolute atomic E-state index is 8.48. The lowest BCUT2D eigenvalue weighted by Crippen LogP contribution is -2.14. The molecule has 0 aromatic heterocycles. The van der Waals surface area contributed by atoms with E-state index in [1.165, 1.54) is 22.3 Å². The molecular formula is C45H35N. The molecule has 0 spiro atoms. The fraction of sp³-hybridized carbons (Fsp3) is 0.0667. The molecule has 1 heteroatoms. The Hall–Kier alpha value is -5.66. The molecule has 0 heterocycles. The monoisotopic (exact) mass is 599 g/mol. The summed E-state index contributed by atoms with van der Waals surface area (Å²) in [6.07, 6.45) is 0. The van der Waals surface area contributed by atoms with Gasteiger partial charge in [0.05, 0.1) is 13.7 Å². The maximum Gasteiger partial charge on any atom is 0.0629 e. The van der Waals surface area contributed by atoms with Crippen molar-refractivity contribution in [3.05, 3.63) is 187 Å². The lowest BCUT2D eigenvalue weighted by atomic mass is 9.81. The number of hydrogen-bond donors (Lipinski definition) is 0. The Morgan fingerprint density at radius 1 is 0.413 bits per heavy atom. The fourth-order valence-corrected chi connectivity index (χ4v) is 6.48. The van der Waals surface area contributed by atoms with Crippen molar-refractivity contribution in [2.75, 3.05) is 4.90 Å². The first-order valence-electron chi connectivity index (χ1n) is 20.2. The number of rotatable bonds is 6. The van der Waals surface area contributed by atoms with Crippen LogP contribution in [0.3, 0.4) is 0 Å². The smallest absolute Gasteiger partial charge is 0.0629 e. The van der Waals surface area contributed by atoms with Crippen molar-refractivity contribution in [1.29, 1.82) is 0 Å². The Morgan fingerprint density at radius 2 is 0.826 bits per heavy atom. The summed E-state index contributed by atoms with van der Waals surface area (Å²) in [6.45, 7) is 4.52. The van der Waals surface area contributed by atoms with Crippen molar-refractivity contribution < 1.29 is 13.7 Å². The largest absolute Gasteiger partial charge is 0.311 e. The molecule has 7 aromatic rings. The number of hydrogen-bond acceptors (Lipinski definition) is 1. The highest BCUT2D eigenvalue weighted by Crippen LogP contribution is 2.49. The van der Waals surface area contributed by atoms with Gasteiger partial charge in [0.15, 0.2) is 0 Å². The molecular weight excluding hydrogens is 555 g/mol. The summed E-state index contributed by atoms with van der Waals surface area (Å²) < 4.78 is 82.6. The SMILES string of the molecule is [2H]c1c([2H])c([2H])c(-c2ccc(N(c3ccc(-c4ccc5c(c4)C(C)(C)c4ccccc4-5)cc3)c3ccc(-c4c([2H])c([2H])c([2H])c([2H])c4[2H])cc3)cc2)c([2H])c1[2H]. The standard InChI is InChI=1S/C45H35N/c1-45(2)43-16-10-9-15-41(43)42-30-23-37(31-44(42)45)36-21-28-40(29-22-36)46(38-24-17-34(18-25-38)32-11-5-3-6-12-32)39-26-19-35(20-27-39)33-13-7-4-8-14-33/h3-31H,1-2H3/i3D,4D,5D,6D,7D,8D,11D,12D,13D,14D. The molecule has 0 N–H and O–H groups in total. The third-order valence-electron chi connectivity index (χ3n) is 8.87. The predicted molar refractivity (Wildman–Crippen MR) is 195 cm³/mol. The molecule has 7 aromatic carbocycles. The molecule has 0 bridgehead atoms. The Bertz CT molecular complexity index is 2530. The van der Waals surface area contributed by atoms with Crippen LogP contribution in [0.25, 0.3) is 44.5 Å². The second kappa shape index (κ2) is 11.4. The average Bonchev–Trinajstić information content (AvgIpc) is 3.44. The highest BCUT2D eigenvalue weighted by atomic mass is 15.1. The molecule has 0 unspecified atom stereocenters. The first-order chi connectivity index (χ1) is 26.7. The maximum atomic E-state index is 8.48. The van der Waals surface area contributed by atoms with Gasteiger partial charge in [-0.2, -0.15) is 0 Å². The summed E-state index contributed by atoms with van der Waals surface area (Å²) in [5.74, 6) is 0. The Kier molecular flexibility index (Phi) is 4.69. The second-order valence-corrected chi connectivity index (χ2v) is 11.9. The van der Waals surface area contributed by atoms with Gasteiger partial charge in [-0.25, -0.2) is 0 Å². The topological polar surface area (TPSA) is 3.24 Å². The Labute approximate surface area is 286 Å². The zero-order chi connectivity index (χ0) is 39.8. The third kappa shape index (κ3) is 4.91. The van der Waals surface area contributed by atoms with Crippen LogP contribution in [0.2, 0.25) is 0 Å². The summed E-state index contributed by atoms with van der Waals surface area (Å²) in [4.78, 5) is 2.00. The molecule has 0 amide bonds. The van der Waals surface area contributed by atoms with Crippen LogP contribution in [-0.2, 0) is 5.41 Å². The lowest BCUT2D eigenvalue weighted by molar-refractivity contribution is 0.660. The number of nitrogens with zero attached hydrogens (tertiary/aromatic N) is 1. The molecule has 8 rings (SSSR count). The average molecular weight is 600 g/mol. The van der Waals surface area contributed by atoms with E-state index in [0.717, 1.165) is 28.2 Å². The van der Waals surface area contributed by atoms with Crippen LogP contribution in [0, 0.1) is 0 Å². The second-order valence-electron chi connectivity index (χ2n) is 11.9. The first kappa shape index (κ1) is 19.0. The Morgan fingerprint density at radius 3 is 1.33 bits per heavy atom. The highest BCUT2D eigenvalue weighted by Gasteiger charge is 2.35. The zero-order valence-electron chi connectivity index (χ0n) is 35.4. The van der Waals surface area contributed by atoms with Crippen LogP contribution in [0.15, 0.2) is 176 Å². The van der Waals surface area contributed by atoms with Crippen molar-refractivity contribution in [3.63, 3.8) is 0 Å². The minimum Gasteiger partial charge on any atom is -0.311 e. The van der Waals surface area contributed by atoms with Crippen LogP contribution >= 0.6 is 0 Å². The van der Waals surface area contributed by atoms with Crippen molar-refractivity contribution in [2.45, 2.75) is 19.3 Å². The van der Waals surface area contributed by atoms with Gasteiger partial charge in [0.1, 0.15) is 0 Å². The van der Waals surface area contributed by atoms with Crippen molar-refractivity contribution >= 4 is 17.1 Å².